The van der Waals surface area contributed by atoms with Crippen molar-refractivity contribution in [2.45, 2.75) is 19.8 Å². The number of benzene rings is 1. The van der Waals surface area contributed by atoms with E-state index in [1.165, 1.54) is 0 Å². The third-order valence-corrected chi connectivity index (χ3v) is 3.77. The summed E-state index contributed by atoms with van der Waals surface area (Å²) in [6, 6.07) is 9.05. The lowest BCUT2D eigenvalue weighted by atomic mass is 10.2. The van der Waals surface area contributed by atoms with Crippen LogP contribution in [0.3, 0.4) is 0 Å². The largest absolute Gasteiger partial charge is 0.492 e. The number of ether oxygens (including phenoxy) is 1. The van der Waals surface area contributed by atoms with Crippen molar-refractivity contribution >= 4 is 39.1 Å². The Morgan fingerprint density at radius 2 is 2.23 bits per heavy atom. The number of hydrogen-bond acceptors (Lipinski definition) is 3. The number of carbonyl (C=O) groups excluding carboxylic acids is 1. The molecule has 0 unspecified atom stereocenters. The van der Waals surface area contributed by atoms with Gasteiger partial charge in [0.1, 0.15) is 5.75 Å². The minimum Gasteiger partial charge on any atom is -0.492 e. The fourth-order valence-electron chi connectivity index (χ4n) is 1.84. The minimum atomic E-state index is -0.0541. The number of aromatic nitrogens is 1. The molecule has 0 fully saturated rings. The number of hydrogen-bond donors (Lipinski definition) is 1. The number of nitrogens with one attached hydrogen (secondary N) is 1. The highest BCUT2D eigenvalue weighted by molar-refractivity contribution is 9.10. The highest BCUT2D eigenvalue weighted by Gasteiger charge is 2.06. The van der Waals surface area contributed by atoms with Gasteiger partial charge in [-0.2, -0.15) is 0 Å². The van der Waals surface area contributed by atoms with Crippen LogP contribution in [0, 0.1) is 6.92 Å². The minimum absolute atomic E-state index is 0.0541. The van der Waals surface area contributed by atoms with Crippen LogP contribution in [0.5, 0.6) is 5.75 Å². The van der Waals surface area contributed by atoms with E-state index in [0.717, 1.165) is 15.9 Å². The van der Waals surface area contributed by atoms with Gasteiger partial charge in [-0.15, -0.1) is 0 Å². The van der Waals surface area contributed by atoms with Crippen LogP contribution < -0.4 is 10.1 Å². The average Bonchev–Trinajstić information content (AvgIpc) is 2.48. The first kappa shape index (κ1) is 16.8. The van der Waals surface area contributed by atoms with Gasteiger partial charge in [-0.3, -0.25) is 9.78 Å². The first-order chi connectivity index (χ1) is 10.6. The third kappa shape index (κ3) is 5.00. The van der Waals surface area contributed by atoms with Crippen LogP contribution >= 0.6 is 27.5 Å². The van der Waals surface area contributed by atoms with E-state index in [-0.39, 0.29) is 5.91 Å². The van der Waals surface area contributed by atoms with Gasteiger partial charge in [0.25, 0.3) is 0 Å². The molecule has 4 nitrogen and oxygen atoms in total. The lowest BCUT2D eigenvalue weighted by Gasteiger charge is -2.09. The van der Waals surface area contributed by atoms with Crippen molar-refractivity contribution in [1.29, 1.82) is 0 Å². The highest BCUT2D eigenvalue weighted by atomic mass is 79.9. The van der Waals surface area contributed by atoms with Gasteiger partial charge in [0.15, 0.2) is 0 Å². The summed E-state index contributed by atoms with van der Waals surface area (Å²) >= 11 is 9.39. The van der Waals surface area contributed by atoms with Crippen molar-refractivity contribution in [3.05, 3.63) is 51.7 Å². The van der Waals surface area contributed by atoms with E-state index in [4.69, 9.17) is 16.3 Å². The second-order valence-electron chi connectivity index (χ2n) is 4.71. The molecular weight excluding hydrogens is 368 g/mol. The molecule has 0 bridgehead atoms. The summed E-state index contributed by atoms with van der Waals surface area (Å²) in [5.74, 6) is 0.565. The van der Waals surface area contributed by atoms with Crippen molar-refractivity contribution in [2.24, 2.45) is 0 Å². The lowest BCUT2D eigenvalue weighted by Crippen LogP contribution is -2.14. The third-order valence-electron chi connectivity index (χ3n) is 2.98. The Labute approximate surface area is 143 Å². The Balaban J connectivity index is 1.74. The molecule has 1 heterocycles. The molecule has 0 atom stereocenters. The predicted octanol–water partition coefficient (Wildman–Crippen LogP) is 4.60. The van der Waals surface area contributed by atoms with E-state index < -0.39 is 0 Å². The van der Waals surface area contributed by atoms with Crippen molar-refractivity contribution in [3.8, 4) is 5.75 Å². The summed E-state index contributed by atoms with van der Waals surface area (Å²) in [6.45, 7) is 2.29. The van der Waals surface area contributed by atoms with Crippen molar-refractivity contribution < 1.29 is 9.53 Å². The zero-order chi connectivity index (χ0) is 15.9. The molecule has 2 rings (SSSR count). The van der Waals surface area contributed by atoms with Gasteiger partial charge in [0.05, 0.1) is 23.0 Å². The van der Waals surface area contributed by atoms with Crippen molar-refractivity contribution in [2.75, 3.05) is 11.9 Å². The van der Waals surface area contributed by atoms with E-state index in [2.05, 4.69) is 26.2 Å². The SMILES string of the molecule is Cc1ncccc1NC(=O)CCCOc1ccc(Br)cc1Cl. The van der Waals surface area contributed by atoms with E-state index >= 15 is 0 Å². The molecule has 0 saturated carbocycles. The molecule has 0 aliphatic heterocycles. The second kappa shape index (κ2) is 8.15. The van der Waals surface area contributed by atoms with Crippen LogP contribution in [-0.4, -0.2) is 17.5 Å². The number of amides is 1. The number of rotatable bonds is 6. The maximum atomic E-state index is 11.9. The standard InChI is InChI=1S/C16H16BrClN2O2/c1-11-14(4-2-8-19-11)20-16(21)5-3-9-22-15-7-6-12(17)10-13(15)18/h2,4,6-8,10H,3,5,9H2,1H3,(H,20,21). The molecule has 1 aromatic heterocycles. The zero-order valence-electron chi connectivity index (χ0n) is 12.1. The van der Waals surface area contributed by atoms with Gasteiger partial charge in [-0.25, -0.2) is 0 Å². The summed E-state index contributed by atoms with van der Waals surface area (Å²) < 4.78 is 6.47. The summed E-state index contributed by atoms with van der Waals surface area (Å²) in [6.07, 6.45) is 2.68. The maximum absolute atomic E-state index is 11.9. The first-order valence-electron chi connectivity index (χ1n) is 6.85. The lowest BCUT2D eigenvalue weighted by molar-refractivity contribution is -0.116. The Hall–Kier alpha value is -1.59. The molecule has 116 valence electrons. The first-order valence-corrected chi connectivity index (χ1v) is 8.02. The van der Waals surface area contributed by atoms with Crippen LogP contribution in [0.4, 0.5) is 5.69 Å². The van der Waals surface area contributed by atoms with Crippen molar-refractivity contribution in [3.63, 3.8) is 0 Å². The Morgan fingerprint density at radius 3 is 2.95 bits per heavy atom. The number of nitrogens with zero attached hydrogens (tertiary/aromatic N) is 1. The Bertz CT molecular complexity index is 664. The fraction of sp³-hybridized carbons (Fsp3) is 0.250. The number of halogens is 2. The van der Waals surface area contributed by atoms with Gasteiger partial charge in [0, 0.05) is 17.1 Å². The number of pyridine rings is 1. The monoisotopic (exact) mass is 382 g/mol. The number of aryl methyl sites for hydroxylation is 1. The van der Waals surface area contributed by atoms with Crippen LogP contribution in [0.25, 0.3) is 0 Å². The second-order valence-corrected chi connectivity index (χ2v) is 6.03. The molecule has 0 saturated heterocycles. The summed E-state index contributed by atoms with van der Waals surface area (Å²) in [5, 5.41) is 3.38. The van der Waals surface area contributed by atoms with Gasteiger partial charge >= 0.3 is 0 Å². The van der Waals surface area contributed by atoms with E-state index in [1.807, 2.05) is 19.1 Å². The molecule has 0 aliphatic carbocycles. The summed E-state index contributed by atoms with van der Waals surface area (Å²) in [4.78, 5) is 16.0. The van der Waals surface area contributed by atoms with E-state index in [1.54, 1.807) is 24.4 Å². The predicted molar refractivity (Wildman–Crippen MR) is 91.5 cm³/mol. The quantitative estimate of drug-likeness (QED) is 0.741. The number of carbonyl (C=O) groups is 1. The molecule has 22 heavy (non-hydrogen) atoms. The summed E-state index contributed by atoms with van der Waals surface area (Å²) in [5.41, 5.74) is 1.54. The van der Waals surface area contributed by atoms with Crippen LogP contribution in [-0.2, 0) is 4.79 Å². The maximum Gasteiger partial charge on any atom is 0.224 e. The van der Waals surface area contributed by atoms with Gasteiger partial charge < -0.3 is 10.1 Å². The molecule has 2 aromatic rings. The van der Waals surface area contributed by atoms with Crippen LogP contribution in [0.1, 0.15) is 18.5 Å². The molecule has 0 spiro atoms. The van der Waals surface area contributed by atoms with Gasteiger partial charge in [0.2, 0.25) is 5.91 Å². The molecule has 0 aliphatic rings. The van der Waals surface area contributed by atoms with Crippen molar-refractivity contribution in [1.82, 2.24) is 4.98 Å². The van der Waals surface area contributed by atoms with Crippen LogP contribution in [0.15, 0.2) is 41.0 Å². The highest BCUT2D eigenvalue weighted by Crippen LogP contribution is 2.27. The fourth-order valence-corrected chi connectivity index (χ4v) is 2.56. The van der Waals surface area contributed by atoms with E-state index in [0.29, 0.717) is 30.2 Å². The van der Waals surface area contributed by atoms with Gasteiger partial charge in [-0.05, 0) is 43.7 Å². The average molecular weight is 384 g/mol. The normalized spacial score (nSPS) is 10.3. The molecular formula is C16H16BrClN2O2. The number of anilines is 1. The molecule has 1 aromatic carbocycles. The molecule has 6 heteroatoms. The zero-order valence-corrected chi connectivity index (χ0v) is 14.4. The molecule has 1 N–H and O–H groups in total. The molecule has 1 amide bonds. The topological polar surface area (TPSA) is 51.2 Å². The Kier molecular flexibility index (Phi) is 6.21. The summed E-state index contributed by atoms with van der Waals surface area (Å²) in [7, 11) is 0. The molecule has 0 radical (unpaired) electrons. The van der Waals surface area contributed by atoms with Crippen LogP contribution in [0.2, 0.25) is 5.02 Å². The van der Waals surface area contributed by atoms with Gasteiger partial charge in [-0.1, -0.05) is 27.5 Å². The van der Waals surface area contributed by atoms with E-state index in [9.17, 15) is 4.79 Å². The smallest absolute Gasteiger partial charge is 0.224 e. The Morgan fingerprint density at radius 1 is 1.41 bits per heavy atom.